The highest BCUT2D eigenvalue weighted by Crippen LogP contribution is 2.31. The number of hydrogen-bond acceptors (Lipinski definition) is 6. The predicted molar refractivity (Wildman–Crippen MR) is 70.0 cm³/mol. The normalized spacial score (nSPS) is 23.0. The van der Waals surface area contributed by atoms with Gasteiger partial charge in [-0.1, -0.05) is 24.0 Å². The second-order valence-corrected chi connectivity index (χ2v) is 5.47. The maximum Gasteiger partial charge on any atom is 0.323 e. The standard InChI is InChI=1S/C10H12N2O4S2/c13-8(14)6-12-9(15)7(18-10(12)17)5-11-1-3-16-4-2-11/h5H,1-4,6H2,(H,13,14)/b7-5+. The maximum atomic E-state index is 12.0. The van der Waals surface area contributed by atoms with Crippen molar-refractivity contribution in [2.45, 2.75) is 0 Å². The number of amides is 1. The topological polar surface area (TPSA) is 70.1 Å². The minimum absolute atomic E-state index is 0.293. The van der Waals surface area contributed by atoms with E-state index < -0.39 is 5.97 Å². The van der Waals surface area contributed by atoms with Crippen LogP contribution in [0.3, 0.4) is 0 Å². The van der Waals surface area contributed by atoms with Crippen molar-refractivity contribution in [3.63, 3.8) is 0 Å². The number of carbonyl (C=O) groups excluding carboxylic acids is 1. The van der Waals surface area contributed by atoms with Crippen molar-refractivity contribution in [2.24, 2.45) is 0 Å². The molecule has 0 saturated carbocycles. The number of nitrogens with zero attached hydrogens (tertiary/aromatic N) is 2. The summed E-state index contributed by atoms with van der Waals surface area (Å²) in [5.41, 5.74) is 0. The lowest BCUT2D eigenvalue weighted by Gasteiger charge is -2.25. The number of thiocarbonyl (C=S) groups is 1. The highest BCUT2D eigenvalue weighted by atomic mass is 32.2. The molecule has 8 heteroatoms. The van der Waals surface area contributed by atoms with Gasteiger partial charge in [-0.3, -0.25) is 14.5 Å². The third-order valence-corrected chi connectivity index (χ3v) is 3.88. The van der Waals surface area contributed by atoms with Crippen molar-refractivity contribution in [3.05, 3.63) is 11.1 Å². The van der Waals surface area contributed by atoms with Crippen LogP contribution in [0.15, 0.2) is 11.1 Å². The van der Waals surface area contributed by atoms with Crippen LogP contribution in [0.5, 0.6) is 0 Å². The number of carboxylic acids is 1. The van der Waals surface area contributed by atoms with Gasteiger partial charge in [0, 0.05) is 19.3 Å². The molecule has 2 heterocycles. The predicted octanol–water partition coefficient (Wildman–Crippen LogP) is 0.105. The van der Waals surface area contributed by atoms with Crippen molar-refractivity contribution < 1.29 is 19.4 Å². The van der Waals surface area contributed by atoms with Gasteiger partial charge in [0.15, 0.2) is 0 Å². The van der Waals surface area contributed by atoms with Gasteiger partial charge in [0.25, 0.3) is 5.91 Å². The van der Waals surface area contributed by atoms with E-state index in [2.05, 4.69) is 0 Å². The largest absolute Gasteiger partial charge is 0.480 e. The Labute approximate surface area is 114 Å². The Balaban J connectivity index is 2.06. The zero-order chi connectivity index (χ0) is 13.1. The summed E-state index contributed by atoms with van der Waals surface area (Å²) in [5.74, 6) is -1.40. The fourth-order valence-electron chi connectivity index (χ4n) is 1.63. The molecule has 0 aromatic rings. The van der Waals surface area contributed by atoms with Gasteiger partial charge in [-0.25, -0.2) is 0 Å². The third-order valence-electron chi connectivity index (χ3n) is 2.51. The smallest absolute Gasteiger partial charge is 0.323 e. The summed E-state index contributed by atoms with van der Waals surface area (Å²) in [5, 5.41) is 8.71. The van der Waals surface area contributed by atoms with Gasteiger partial charge in [-0.05, 0) is 0 Å². The Kier molecular flexibility index (Phi) is 4.20. The molecule has 2 fully saturated rings. The first-order valence-electron chi connectivity index (χ1n) is 5.37. The van der Waals surface area contributed by atoms with Gasteiger partial charge in [0.05, 0.1) is 18.1 Å². The van der Waals surface area contributed by atoms with E-state index >= 15 is 0 Å². The first-order valence-corrected chi connectivity index (χ1v) is 6.59. The first kappa shape index (κ1) is 13.3. The number of ether oxygens (including phenoxy) is 1. The molecule has 2 rings (SSSR count). The quantitative estimate of drug-likeness (QED) is 0.583. The van der Waals surface area contributed by atoms with E-state index in [0.29, 0.717) is 22.4 Å². The molecule has 0 aromatic heterocycles. The summed E-state index contributed by atoms with van der Waals surface area (Å²) in [4.78, 5) is 26.2. The lowest BCUT2D eigenvalue weighted by molar-refractivity contribution is -0.140. The minimum atomic E-state index is -1.07. The van der Waals surface area contributed by atoms with Crippen LogP contribution in [0.2, 0.25) is 0 Å². The van der Waals surface area contributed by atoms with E-state index in [1.807, 2.05) is 4.90 Å². The first-order chi connectivity index (χ1) is 8.58. The average molecular weight is 288 g/mol. The highest BCUT2D eigenvalue weighted by molar-refractivity contribution is 8.26. The van der Waals surface area contributed by atoms with E-state index in [0.717, 1.165) is 29.8 Å². The zero-order valence-corrected chi connectivity index (χ0v) is 11.1. The molecule has 6 nitrogen and oxygen atoms in total. The molecule has 0 aromatic carbocycles. The molecule has 1 amide bonds. The molecule has 0 bridgehead atoms. The van der Waals surface area contributed by atoms with Crippen molar-refractivity contribution in [3.8, 4) is 0 Å². The number of rotatable bonds is 3. The summed E-state index contributed by atoms with van der Waals surface area (Å²) in [6, 6.07) is 0. The van der Waals surface area contributed by atoms with Crippen LogP contribution >= 0.6 is 24.0 Å². The van der Waals surface area contributed by atoms with Crippen LogP contribution < -0.4 is 0 Å². The number of thioether (sulfide) groups is 1. The number of aliphatic carboxylic acids is 1. The van der Waals surface area contributed by atoms with E-state index in [-0.39, 0.29) is 12.5 Å². The van der Waals surface area contributed by atoms with Crippen LogP contribution in [0.1, 0.15) is 0 Å². The molecule has 2 saturated heterocycles. The molecule has 0 radical (unpaired) electrons. The third kappa shape index (κ3) is 3.01. The highest BCUT2D eigenvalue weighted by Gasteiger charge is 2.33. The molecule has 0 unspecified atom stereocenters. The van der Waals surface area contributed by atoms with E-state index in [1.54, 1.807) is 6.20 Å². The second-order valence-electron chi connectivity index (χ2n) is 3.79. The van der Waals surface area contributed by atoms with Crippen LogP contribution in [0.4, 0.5) is 0 Å². The average Bonchev–Trinajstić information content (AvgIpc) is 2.58. The molecule has 0 aliphatic carbocycles. The van der Waals surface area contributed by atoms with Gasteiger partial charge in [-0.15, -0.1) is 0 Å². The van der Waals surface area contributed by atoms with Gasteiger partial charge in [-0.2, -0.15) is 0 Å². The maximum absolute atomic E-state index is 12.0. The van der Waals surface area contributed by atoms with Crippen molar-refractivity contribution in [2.75, 3.05) is 32.8 Å². The van der Waals surface area contributed by atoms with Crippen molar-refractivity contribution in [1.29, 1.82) is 0 Å². The van der Waals surface area contributed by atoms with E-state index in [9.17, 15) is 9.59 Å². The molecule has 2 aliphatic heterocycles. The Morgan fingerprint density at radius 1 is 1.50 bits per heavy atom. The molecule has 0 spiro atoms. The molecule has 2 aliphatic rings. The Hall–Kier alpha value is -1.12. The fraction of sp³-hybridized carbons (Fsp3) is 0.500. The zero-order valence-electron chi connectivity index (χ0n) is 9.50. The molecular weight excluding hydrogens is 276 g/mol. The van der Waals surface area contributed by atoms with E-state index in [1.165, 1.54) is 0 Å². The Morgan fingerprint density at radius 3 is 2.78 bits per heavy atom. The van der Waals surface area contributed by atoms with Crippen LogP contribution in [0, 0.1) is 0 Å². The summed E-state index contributed by atoms with van der Waals surface area (Å²) in [6.45, 7) is 2.33. The summed E-state index contributed by atoms with van der Waals surface area (Å²) in [7, 11) is 0. The van der Waals surface area contributed by atoms with Gasteiger partial charge < -0.3 is 14.7 Å². The van der Waals surface area contributed by atoms with Gasteiger partial charge >= 0.3 is 5.97 Å². The lowest BCUT2D eigenvalue weighted by Crippen LogP contribution is -2.35. The summed E-state index contributed by atoms with van der Waals surface area (Å²) < 4.78 is 5.50. The number of morpholine rings is 1. The Morgan fingerprint density at radius 2 is 2.17 bits per heavy atom. The Bertz CT molecular complexity index is 418. The monoisotopic (exact) mass is 288 g/mol. The molecular formula is C10H12N2O4S2. The molecule has 18 heavy (non-hydrogen) atoms. The van der Waals surface area contributed by atoms with Gasteiger partial charge in [0.1, 0.15) is 10.9 Å². The SMILES string of the molecule is O=C(O)CN1C(=O)/C(=C\N2CCOCC2)SC1=S. The van der Waals surface area contributed by atoms with Crippen LogP contribution in [-0.2, 0) is 14.3 Å². The fourth-order valence-corrected chi connectivity index (χ4v) is 2.90. The summed E-state index contributed by atoms with van der Waals surface area (Å²) >= 11 is 6.14. The molecule has 98 valence electrons. The summed E-state index contributed by atoms with van der Waals surface area (Å²) in [6.07, 6.45) is 1.74. The number of carbonyl (C=O) groups is 2. The van der Waals surface area contributed by atoms with E-state index in [4.69, 9.17) is 22.1 Å². The number of carboxylic acid groups (broad SMARTS) is 1. The molecule has 0 atom stereocenters. The lowest BCUT2D eigenvalue weighted by atomic mass is 10.4. The minimum Gasteiger partial charge on any atom is -0.480 e. The van der Waals surface area contributed by atoms with Crippen molar-refractivity contribution in [1.82, 2.24) is 9.80 Å². The van der Waals surface area contributed by atoms with Crippen LogP contribution in [0.25, 0.3) is 0 Å². The molecule has 1 N–H and O–H groups in total. The van der Waals surface area contributed by atoms with Gasteiger partial charge in [0.2, 0.25) is 0 Å². The second kappa shape index (κ2) is 5.68. The number of hydrogen-bond donors (Lipinski definition) is 1. The van der Waals surface area contributed by atoms with Crippen molar-refractivity contribution >= 4 is 40.2 Å². The van der Waals surface area contributed by atoms with Crippen LogP contribution in [-0.4, -0.2) is 64.0 Å².